The summed E-state index contributed by atoms with van der Waals surface area (Å²) in [6, 6.07) is 5.02. The lowest BCUT2D eigenvalue weighted by atomic mass is 10.2. The Balaban J connectivity index is 2.19. The fourth-order valence-corrected chi connectivity index (χ4v) is 3.13. The predicted octanol–water partition coefficient (Wildman–Crippen LogP) is 4.57. The Labute approximate surface area is 123 Å². The molecule has 0 aliphatic carbocycles. The van der Waals surface area contributed by atoms with E-state index in [0.29, 0.717) is 15.7 Å². The molecule has 0 saturated heterocycles. The molecule has 2 rings (SSSR count). The highest BCUT2D eigenvalue weighted by molar-refractivity contribution is 9.11. The first-order valence-electron chi connectivity index (χ1n) is 4.43. The number of thiazole rings is 1. The lowest BCUT2D eigenvalue weighted by Crippen LogP contribution is -2.11. The minimum atomic E-state index is -0.241. The molecule has 1 amide bonds. The first-order chi connectivity index (χ1) is 8.04. The molecule has 0 spiro atoms. The van der Waals surface area contributed by atoms with Crippen LogP contribution in [0.3, 0.4) is 0 Å². The predicted molar refractivity (Wildman–Crippen MR) is 76.9 cm³/mol. The molecule has 0 radical (unpaired) electrons. The molecule has 3 nitrogen and oxygen atoms in total. The minimum Gasteiger partial charge on any atom is -0.298 e. The molecular formula is C10H5Br2ClN2OS. The van der Waals surface area contributed by atoms with Gasteiger partial charge in [0.15, 0.2) is 5.13 Å². The molecule has 0 unspecified atom stereocenters. The van der Waals surface area contributed by atoms with Crippen molar-refractivity contribution in [3.8, 4) is 0 Å². The number of nitrogens with zero attached hydrogens (tertiary/aromatic N) is 1. The van der Waals surface area contributed by atoms with Gasteiger partial charge in [0.05, 0.1) is 9.98 Å². The van der Waals surface area contributed by atoms with Crippen molar-refractivity contribution in [2.45, 2.75) is 0 Å². The van der Waals surface area contributed by atoms with Crippen LogP contribution in [0.5, 0.6) is 0 Å². The van der Waals surface area contributed by atoms with E-state index in [0.717, 1.165) is 8.26 Å². The summed E-state index contributed by atoms with van der Waals surface area (Å²) in [6.45, 7) is 0. The van der Waals surface area contributed by atoms with Gasteiger partial charge in [-0.2, -0.15) is 0 Å². The van der Waals surface area contributed by atoms with E-state index in [1.807, 2.05) is 0 Å². The summed E-state index contributed by atoms with van der Waals surface area (Å²) < 4.78 is 1.62. The number of nitrogens with one attached hydrogen (secondary N) is 1. The van der Waals surface area contributed by atoms with Gasteiger partial charge in [0.2, 0.25) is 0 Å². The highest BCUT2D eigenvalue weighted by Gasteiger charge is 2.10. The lowest BCUT2D eigenvalue weighted by molar-refractivity contribution is 0.102. The van der Waals surface area contributed by atoms with Gasteiger partial charge in [-0.1, -0.05) is 38.9 Å². The zero-order valence-corrected chi connectivity index (χ0v) is 13.0. The molecule has 0 aliphatic heterocycles. The van der Waals surface area contributed by atoms with Crippen molar-refractivity contribution in [3.05, 3.63) is 43.2 Å². The summed E-state index contributed by atoms with van der Waals surface area (Å²) in [5, 5.41) is 3.74. The van der Waals surface area contributed by atoms with Crippen LogP contribution < -0.4 is 5.32 Å². The Bertz CT molecular complexity index is 553. The van der Waals surface area contributed by atoms with E-state index in [1.54, 1.807) is 24.4 Å². The maximum atomic E-state index is 11.9. The number of anilines is 1. The van der Waals surface area contributed by atoms with Crippen LogP contribution in [0.2, 0.25) is 5.02 Å². The summed E-state index contributed by atoms with van der Waals surface area (Å²) in [5.41, 5.74) is 0.482. The van der Waals surface area contributed by atoms with Crippen LogP contribution >= 0.6 is 54.8 Å². The standard InChI is InChI=1S/C10H5Br2ClN2OS/c11-6-1-5(2-7(13)3-6)9(16)15-10-14-4-8(12)17-10/h1-4H,(H,14,15,16). The number of benzene rings is 1. The van der Waals surface area contributed by atoms with Crippen molar-refractivity contribution >= 4 is 65.8 Å². The molecule has 0 atom stereocenters. The molecular weight excluding hydrogens is 391 g/mol. The maximum absolute atomic E-state index is 11.9. The quantitative estimate of drug-likeness (QED) is 0.808. The van der Waals surface area contributed by atoms with Crippen molar-refractivity contribution in [2.24, 2.45) is 0 Å². The zero-order chi connectivity index (χ0) is 12.4. The molecule has 0 bridgehead atoms. The molecule has 1 aromatic heterocycles. The molecule has 88 valence electrons. The number of carbonyl (C=O) groups excluding carboxylic acids is 1. The molecule has 0 saturated carbocycles. The van der Waals surface area contributed by atoms with E-state index in [-0.39, 0.29) is 5.91 Å². The van der Waals surface area contributed by atoms with Crippen LogP contribution in [0.4, 0.5) is 5.13 Å². The van der Waals surface area contributed by atoms with E-state index in [4.69, 9.17) is 11.6 Å². The highest BCUT2D eigenvalue weighted by atomic mass is 79.9. The van der Waals surface area contributed by atoms with Crippen molar-refractivity contribution in [2.75, 3.05) is 5.32 Å². The maximum Gasteiger partial charge on any atom is 0.257 e. The Morgan fingerprint density at radius 1 is 1.35 bits per heavy atom. The smallest absolute Gasteiger partial charge is 0.257 e. The molecule has 1 N–H and O–H groups in total. The average Bonchev–Trinajstić information content (AvgIpc) is 2.62. The number of carbonyl (C=O) groups is 1. The first-order valence-corrected chi connectivity index (χ1v) is 7.21. The van der Waals surface area contributed by atoms with E-state index in [9.17, 15) is 4.79 Å². The van der Waals surface area contributed by atoms with Crippen molar-refractivity contribution < 1.29 is 4.79 Å². The molecule has 7 heteroatoms. The van der Waals surface area contributed by atoms with Gasteiger partial charge in [-0.3, -0.25) is 10.1 Å². The van der Waals surface area contributed by atoms with Crippen molar-refractivity contribution in [1.29, 1.82) is 0 Å². The molecule has 0 fully saturated rings. The Morgan fingerprint density at radius 3 is 2.71 bits per heavy atom. The molecule has 1 heterocycles. The Kier molecular flexibility index (Phi) is 4.19. The summed E-state index contributed by atoms with van der Waals surface area (Å²) in [4.78, 5) is 15.9. The summed E-state index contributed by atoms with van der Waals surface area (Å²) >= 11 is 13.8. The Morgan fingerprint density at radius 2 is 2.12 bits per heavy atom. The van der Waals surface area contributed by atoms with E-state index < -0.39 is 0 Å². The second kappa shape index (κ2) is 5.48. The fraction of sp³-hybridized carbons (Fsp3) is 0. The molecule has 0 aliphatic rings. The van der Waals surface area contributed by atoms with Gasteiger partial charge in [-0.05, 0) is 34.1 Å². The number of aromatic nitrogens is 1. The normalized spacial score (nSPS) is 10.3. The minimum absolute atomic E-state index is 0.241. The topological polar surface area (TPSA) is 42.0 Å². The summed E-state index contributed by atoms with van der Waals surface area (Å²) in [5.74, 6) is -0.241. The zero-order valence-electron chi connectivity index (χ0n) is 8.21. The molecule has 17 heavy (non-hydrogen) atoms. The summed E-state index contributed by atoms with van der Waals surface area (Å²) in [7, 11) is 0. The van der Waals surface area contributed by atoms with Gasteiger partial charge in [0.25, 0.3) is 5.91 Å². The number of halogens is 3. The van der Waals surface area contributed by atoms with Gasteiger partial charge < -0.3 is 0 Å². The number of amides is 1. The van der Waals surface area contributed by atoms with Crippen LogP contribution in [-0.4, -0.2) is 10.9 Å². The number of rotatable bonds is 2. The van der Waals surface area contributed by atoms with Crippen LogP contribution in [-0.2, 0) is 0 Å². The monoisotopic (exact) mass is 394 g/mol. The van der Waals surface area contributed by atoms with Gasteiger partial charge in [0.1, 0.15) is 0 Å². The highest BCUT2D eigenvalue weighted by Crippen LogP contribution is 2.24. The van der Waals surface area contributed by atoms with Crippen molar-refractivity contribution in [3.63, 3.8) is 0 Å². The third-order valence-corrected chi connectivity index (χ3v) is 3.89. The third-order valence-electron chi connectivity index (χ3n) is 1.82. The van der Waals surface area contributed by atoms with Gasteiger partial charge >= 0.3 is 0 Å². The van der Waals surface area contributed by atoms with Crippen LogP contribution in [0.1, 0.15) is 10.4 Å². The van der Waals surface area contributed by atoms with Crippen LogP contribution in [0.25, 0.3) is 0 Å². The van der Waals surface area contributed by atoms with Gasteiger partial charge in [0, 0.05) is 15.1 Å². The van der Waals surface area contributed by atoms with Gasteiger partial charge in [-0.15, -0.1) is 0 Å². The second-order valence-corrected chi connectivity index (χ2v) is 6.84. The fourth-order valence-electron chi connectivity index (χ4n) is 1.17. The molecule has 1 aromatic carbocycles. The lowest BCUT2D eigenvalue weighted by Gasteiger charge is -2.03. The van der Waals surface area contributed by atoms with E-state index in [2.05, 4.69) is 42.2 Å². The average molecular weight is 396 g/mol. The summed E-state index contributed by atoms with van der Waals surface area (Å²) in [6.07, 6.45) is 1.63. The Hall–Kier alpha value is -0.430. The van der Waals surface area contributed by atoms with Crippen LogP contribution in [0, 0.1) is 0 Å². The van der Waals surface area contributed by atoms with E-state index in [1.165, 1.54) is 11.3 Å². The number of hydrogen-bond acceptors (Lipinski definition) is 3. The molecule has 2 aromatic rings. The van der Waals surface area contributed by atoms with Crippen molar-refractivity contribution in [1.82, 2.24) is 4.98 Å². The van der Waals surface area contributed by atoms with Crippen LogP contribution in [0.15, 0.2) is 32.7 Å². The van der Waals surface area contributed by atoms with Gasteiger partial charge in [-0.25, -0.2) is 4.98 Å². The SMILES string of the molecule is O=C(Nc1ncc(Br)s1)c1cc(Cl)cc(Br)c1. The third kappa shape index (κ3) is 3.51. The largest absolute Gasteiger partial charge is 0.298 e. The first kappa shape index (κ1) is 13.0. The number of hydrogen-bond donors (Lipinski definition) is 1. The van der Waals surface area contributed by atoms with E-state index >= 15 is 0 Å². The second-order valence-electron chi connectivity index (χ2n) is 3.08.